The predicted molar refractivity (Wildman–Crippen MR) is 112 cm³/mol. The lowest BCUT2D eigenvalue weighted by Gasteiger charge is -2.26. The van der Waals surface area contributed by atoms with Gasteiger partial charge in [-0.15, -0.1) is 0 Å². The molecular weight excluding hydrogens is 391 g/mol. The van der Waals surface area contributed by atoms with Crippen molar-refractivity contribution in [3.63, 3.8) is 0 Å². The second kappa shape index (κ2) is 9.98. The van der Waals surface area contributed by atoms with Gasteiger partial charge in [-0.05, 0) is 55.5 Å². The SMILES string of the molecule is Cc1ccc(S(=O)(=O)NC(CC(C)C)C(=O)N(C)CCc2ccc(F)cc2)cc1. The van der Waals surface area contributed by atoms with Gasteiger partial charge >= 0.3 is 0 Å². The highest BCUT2D eigenvalue weighted by atomic mass is 32.2. The van der Waals surface area contributed by atoms with Crippen LogP contribution >= 0.6 is 0 Å². The Labute approximate surface area is 173 Å². The average molecular weight is 421 g/mol. The van der Waals surface area contributed by atoms with Crippen LogP contribution in [0.4, 0.5) is 4.39 Å². The van der Waals surface area contributed by atoms with Crippen LogP contribution < -0.4 is 4.72 Å². The fraction of sp³-hybridized carbons (Fsp3) is 0.409. The molecule has 0 aliphatic rings. The summed E-state index contributed by atoms with van der Waals surface area (Å²) >= 11 is 0. The highest BCUT2D eigenvalue weighted by molar-refractivity contribution is 7.89. The fourth-order valence-electron chi connectivity index (χ4n) is 2.97. The van der Waals surface area contributed by atoms with Crippen LogP contribution in [0.25, 0.3) is 0 Å². The minimum Gasteiger partial charge on any atom is -0.344 e. The van der Waals surface area contributed by atoms with Crippen molar-refractivity contribution in [2.45, 2.75) is 44.6 Å². The molecule has 0 aliphatic heterocycles. The Kier molecular flexibility index (Phi) is 7.93. The molecule has 2 aromatic carbocycles. The van der Waals surface area contributed by atoms with Crippen LogP contribution in [0, 0.1) is 18.7 Å². The first-order chi connectivity index (χ1) is 13.6. The molecule has 1 N–H and O–H groups in total. The van der Waals surface area contributed by atoms with Crippen molar-refractivity contribution in [3.05, 3.63) is 65.5 Å². The van der Waals surface area contributed by atoms with Crippen molar-refractivity contribution in [2.75, 3.05) is 13.6 Å². The third-order valence-electron chi connectivity index (χ3n) is 4.66. The molecule has 0 bridgehead atoms. The molecule has 0 spiro atoms. The molecule has 0 saturated carbocycles. The van der Waals surface area contributed by atoms with Crippen LogP contribution in [-0.2, 0) is 21.2 Å². The molecule has 7 heteroatoms. The zero-order valence-corrected chi connectivity index (χ0v) is 18.2. The molecule has 0 aromatic heterocycles. The maximum atomic E-state index is 13.0. The number of halogens is 1. The van der Waals surface area contributed by atoms with E-state index in [4.69, 9.17) is 0 Å². The molecule has 158 valence electrons. The standard InChI is InChI=1S/C22H29FN2O3S/c1-16(2)15-21(24-29(27,28)20-11-5-17(3)6-12-20)22(26)25(4)14-13-18-7-9-19(23)10-8-18/h5-12,16,21,24H,13-15H2,1-4H3. The molecule has 0 saturated heterocycles. The number of aryl methyl sites for hydroxylation is 1. The van der Waals surface area contributed by atoms with Gasteiger partial charge in [-0.2, -0.15) is 4.72 Å². The maximum absolute atomic E-state index is 13.0. The summed E-state index contributed by atoms with van der Waals surface area (Å²) in [4.78, 5) is 14.6. The number of nitrogens with one attached hydrogen (secondary N) is 1. The van der Waals surface area contributed by atoms with Gasteiger partial charge < -0.3 is 4.90 Å². The Morgan fingerprint density at radius 2 is 1.66 bits per heavy atom. The summed E-state index contributed by atoms with van der Waals surface area (Å²) in [5.74, 6) is -0.452. The first-order valence-corrected chi connectivity index (χ1v) is 11.1. The van der Waals surface area contributed by atoms with Crippen LogP contribution in [0.2, 0.25) is 0 Å². The Balaban J connectivity index is 2.09. The van der Waals surface area contributed by atoms with Crippen LogP contribution in [0.5, 0.6) is 0 Å². The summed E-state index contributed by atoms with van der Waals surface area (Å²) in [6.07, 6.45) is 0.951. The summed E-state index contributed by atoms with van der Waals surface area (Å²) in [6, 6.07) is 11.8. The highest BCUT2D eigenvalue weighted by Crippen LogP contribution is 2.15. The largest absolute Gasteiger partial charge is 0.344 e. The second-order valence-corrected chi connectivity index (χ2v) is 9.47. The number of benzene rings is 2. The summed E-state index contributed by atoms with van der Waals surface area (Å²) in [7, 11) is -2.16. The van der Waals surface area contributed by atoms with Crippen molar-refractivity contribution in [1.82, 2.24) is 9.62 Å². The monoisotopic (exact) mass is 420 g/mol. The van der Waals surface area contributed by atoms with E-state index in [-0.39, 0.29) is 22.5 Å². The third kappa shape index (κ3) is 6.94. The predicted octanol–water partition coefficient (Wildman–Crippen LogP) is 3.53. The van der Waals surface area contributed by atoms with E-state index in [9.17, 15) is 17.6 Å². The lowest BCUT2D eigenvalue weighted by atomic mass is 10.0. The number of carbonyl (C=O) groups excluding carboxylic acids is 1. The van der Waals surface area contributed by atoms with Gasteiger partial charge in [-0.1, -0.05) is 43.7 Å². The molecule has 29 heavy (non-hydrogen) atoms. The molecule has 0 aliphatic carbocycles. The van der Waals surface area contributed by atoms with Crippen LogP contribution in [0.3, 0.4) is 0 Å². The van der Waals surface area contributed by atoms with Gasteiger partial charge in [0.1, 0.15) is 11.9 Å². The zero-order chi connectivity index (χ0) is 21.6. The third-order valence-corrected chi connectivity index (χ3v) is 6.15. The first kappa shape index (κ1) is 23.0. The van der Waals surface area contributed by atoms with E-state index in [1.54, 1.807) is 31.3 Å². The van der Waals surface area contributed by atoms with Gasteiger partial charge in [0.15, 0.2) is 0 Å². The molecule has 1 amide bonds. The van der Waals surface area contributed by atoms with Crippen molar-refractivity contribution in [3.8, 4) is 0 Å². The Morgan fingerprint density at radius 3 is 2.21 bits per heavy atom. The first-order valence-electron chi connectivity index (χ1n) is 9.67. The van der Waals surface area contributed by atoms with Gasteiger partial charge in [-0.25, -0.2) is 12.8 Å². The number of likely N-dealkylation sites (N-methyl/N-ethyl adjacent to an activating group) is 1. The molecule has 5 nitrogen and oxygen atoms in total. The Hall–Kier alpha value is -2.25. The maximum Gasteiger partial charge on any atom is 0.241 e. The van der Waals surface area contributed by atoms with Gasteiger partial charge in [0, 0.05) is 13.6 Å². The Morgan fingerprint density at radius 1 is 1.07 bits per heavy atom. The van der Waals surface area contributed by atoms with E-state index in [0.717, 1.165) is 11.1 Å². The lowest BCUT2D eigenvalue weighted by Crippen LogP contribution is -2.48. The molecular formula is C22H29FN2O3S. The van der Waals surface area contributed by atoms with Crippen LogP contribution in [0.15, 0.2) is 53.4 Å². The van der Waals surface area contributed by atoms with Crippen molar-refractivity contribution >= 4 is 15.9 Å². The Bertz CT molecular complexity index is 910. The highest BCUT2D eigenvalue weighted by Gasteiger charge is 2.28. The van der Waals surface area contributed by atoms with Crippen LogP contribution in [0.1, 0.15) is 31.4 Å². The van der Waals surface area contributed by atoms with E-state index in [1.165, 1.54) is 29.2 Å². The fourth-order valence-corrected chi connectivity index (χ4v) is 4.17. The quantitative estimate of drug-likeness (QED) is 0.675. The summed E-state index contributed by atoms with van der Waals surface area (Å²) in [5, 5.41) is 0. The number of amides is 1. The molecule has 2 rings (SSSR count). The summed E-state index contributed by atoms with van der Waals surface area (Å²) < 4.78 is 41.1. The zero-order valence-electron chi connectivity index (χ0n) is 17.4. The van der Waals surface area contributed by atoms with Gasteiger partial charge in [0.25, 0.3) is 0 Å². The minimum atomic E-state index is -3.81. The van der Waals surface area contributed by atoms with Gasteiger partial charge in [0.2, 0.25) is 15.9 Å². The molecule has 1 atom stereocenters. The lowest BCUT2D eigenvalue weighted by molar-refractivity contribution is -0.132. The van der Waals surface area contributed by atoms with Gasteiger partial charge in [-0.3, -0.25) is 4.79 Å². The number of sulfonamides is 1. The van der Waals surface area contributed by atoms with E-state index in [0.29, 0.717) is 19.4 Å². The second-order valence-electron chi connectivity index (χ2n) is 7.75. The van der Waals surface area contributed by atoms with Gasteiger partial charge in [0.05, 0.1) is 4.90 Å². The molecule has 1 unspecified atom stereocenters. The normalized spacial score (nSPS) is 12.8. The summed E-state index contributed by atoms with van der Waals surface area (Å²) in [5.41, 5.74) is 1.87. The number of hydrogen-bond acceptors (Lipinski definition) is 3. The van der Waals surface area contributed by atoms with Crippen LogP contribution in [-0.4, -0.2) is 38.9 Å². The number of carbonyl (C=O) groups is 1. The smallest absolute Gasteiger partial charge is 0.241 e. The van der Waals surface area contributed by atoms with Crippen molar-refractivity contribution in [2.24, 2.45) is 5.92 Å². The molecule has 2 aromatic rings. The van der Waals surface area contributed by atoms with E-state index < -0.39 is 16.1 Å². The minimum absolute atomic E-state index is 0.134. The average Bonchev–Trinajstić information content (AvgIpc) is 2.66. The van der Waals surface area contributed by atoms with E-state index in [2.05, 4.69) is 4.72 Å². The van der Waals surface area contributed by atoms with E-state index >= 15 is 0 Å². The van der Waals surface area contributed by atoms with Crippen molar-refractivity contribution in [1.29, 1.82) is 0 Å². The summed E-state index contributed by atoms with van der Waals surface area (Å²) in [6.45, 7) is 6.17. The molecule has 0 fully saturated rings. The topological polar surface area (TPSA) is 66.5 Å². The van der Waals surface area contributed by atoms with E-state index in [1.807, 2.05) is 20.8 Å². The number of rotatable bonds is 9. The van der Waals surface area contributed by atoms with Crippen molar-refractivity contribution < 1.29 is 17.6 Å². The molecule has 0 radical (unpaired) electrons. The number of nitrogens with zero attached hydrogens (tertiary/aromatic N) is 1. The number of hydrogen-bond donors (Lipinski definition) is 1. The molecule has 0 heterocycles.